The molecule has 3 fully saturated rings. The smallest absolute Gasteiger partial charge is 0.254 e. The topological polar surface area (TPSA) is 59.0 Å². The van der Waals surface area contributed by atoms with E-state index in [1.807, 2.05) is 48.5 Å². The Morgan fingerprint density at radius 1 is 0.968 bits per heavy atom. The number of benzene rings is 2. The summed E-state index contributed by atoms with van der Waals surface area (Å²) >= 11 is 6.16. The maximum Gasteiger partial charge on any atom is 0.254 e. The van der Waals surface area contributed by atoms with E-state index in [1.165, 1.54) is 0 Å². The van der Waals surface area contributed by atoms with Crippen LogP contribution >= 0.6 is 11.6 Å². The number of imide groups is 1. The highest BCUT2D eigenvalue weighted by Gasteiger charge is 2.67. The van der Waals surface area contributed by atoms with E-state index in [9.17, 15) is 9.59 Å². The largest absolute Gasteiger partial charge is 0.489 e. The molecule has 2 saturated carbocycles. The standard InChI is InChI=1S/C25H21ClN2O3/c26-21-4-2-1-3-15(21)13-31-16-7-5-14(6-8-16)12-27-28-24(29)22-17-9-10-18(20-11-19(17)20)23(22)25(28)30/h1-10,12,17-20,22-23H,11,13H2/b27-12-/t17-,18-,19-,20+,22+,23+/m1/s1. The first-order valence-electron chi connectivity index (χ1n) is 10.7. The molecule has 6 heteroatoms. The molecule has 5 nitrogen and oxygen atoms in total. The number of rotatable bonds is 5. The summed E-state index contributed by atoms with van der Waals surface area (Å²) < 4.78 is 5.79. The summed E-state index contributed by atoms with van der Waals surface area (Å²) in [6.07, 6.45) is 7.06. The van der Waals surface area contributed by atoms with Crippen LogP contribution in [0.5, 0.6) is 5.75 Å². The first-order chi connectivity index (χ1) is 15.1. The van der Waals surface area contributed by atoms with Gasteiger partial charge in [-0.3, -0.25) is 9.59 Å². The van der Waals surface area contributed by atoms with Crippen molar-refractivity contribution >= 4 is 29.6 Å². The molecule has 0 unspecified atom stereocenters. The van der Waals surface area contributed by atoms with Crippen LogP contribution in [0.4, 0.5) is 0 Å². The third-order valence-corrected chi connectivity index (χ3v) is 7.56. The Balaban J connectivity index is 1.13. The number of halogens is 1. The van der Waals surface area contributed by atoms with Crippen LogP contribution in [0.2, 0.25) is 5.02 Å². The first kappa shape index (κ1) is 18.8. The minimum Gasteiger partial charge on any atom is -0.489 e. The molecule has 2 aromatic carbocycles. The Hall–Kier alpha value is -2.92. The van der Waals surface area contributed by atoms with E-state index < -0.39 is 0 Å². The highest BCUT2D eigenvalue weighted by Crippen LogP contribution is 2.65. The number of amides is 2. The zero-order valence-corrected chi connectivity index (χ0v) is 17.5. The Morgan fingerprint density at radius 3 is 2.26 bits per heavy atom. The molecular weight excluding hydrogens is 412 g/mol. The highest BCUT2D eigenvalue weighted by molar-refractivity contribution is 6.31. The third kappa shape index (κ3) is 3.02. The zero-order valence-electron chi connectivity index (χ0n) is 16.7. The van der Waals surface area contributed by atoms with Crippen LogP contribution in [0, 0.1) is 35.5 Å². The van der Waals surface area contributed by atoms with E-state index >= 15 is 0 Å². The SMILES string of the molecule is O=C1[C@H]2[C@@H]3C=C[C@H]([C@@H]4C[C@H]34)[C@@H]2C(=O)N1/N=C\c1ccc(OCc2ccccc2Cl)cc1. The maximum absolute atomic E-state index is 13.0. The first-order valence-corrected chi connectivity index (χ1v) is 11.1. The molecule has 2 aromatic rings. The average molecular weight is 433 g/mol. The number of carbonyl (C=O) groups excluding carboxylic acids is 2. The van der Waals surface area contributed by atoms with Gasteiger partial charge in [0.2, 0.25) is 0 Å². The lowest BCUT2D eigenvalue weighted by Crippen LogP contribution is -2.40. The lowest BCUT2D eigenvalue weighted by molar-refractivity contribution is -0.140. The molecule has 5 aliphatic rings. The third-order valence-electron chi connectivity index (χ3n) is 7.19. The van der Waals surface area contributed by atoms with Gasteiger partial charge in [0.15, 0.2) is 0 Å². The average Bonchev–Trinajstić information content (AvgIpc) is 3.57. The summed E-state index contributed by atoms with van der Waals surface area (Å²) in [5, 5.41) is 6.05. The summed E-state index contributed by atoms with van der Waals surface area (Å²) in [5.74, 6) is 1.60. The van der Waals surface area contributed by atoms with Crippen LogP contribution in [-0.2, 0) is 16.2 Å². The Labute approximate surface area is 185 Å². The van der Waals surface area contributed by atoms with E-state index in [-0.39, 0.29) is 35.5 Å². The minimum absolute atomic E-state index is 0.143. The number of carbonyl (C=O) groups is 2. The maximum atomic E-state index is 13.0. The molecule has 2 amide bonds. The number of hydrogen-bond donors (Lipinski definition) is 0. The van der Waals surface area contributed by atoms with Gasteiger partial charge in [-0.25, -0.2) is 0 Å². The van der Waals surface area contributed by atoms with Gasteiger partial charge in [-0.15, -0.1) is 0 Å². The van der Waals surface area contributed by atoms with Gasteiger partial charge in [-0.2, -0.15) is 10.1 Å². The second kappa shape index (κ2) is 7.06. The Kier molecular flexibility index (Phi) is 4.29. The molecule has 1 saturated heterocycles. The monoisotopic (exact) mass is 432 g/mol. The quantitative estimate of drug-likeness (QED) is 0.402. The number of hydrogen-bond acceptors (Lipinski definition) is 4. The van der Waals surface area contributed by atoms with Crippen molar-refractivity contribution in [3.63, 3.8) is 0 Å². The van der Waals surface area contributed by atoms with Crippen molar-refractivity contribution in [2.24, 2.45) is 40.6 Å². The molecule has 1 aliphatic heterocycles. The van der Waals surface area contributed by atoms with Gasteiger partial charge in [0, 0.05) is 10.6 Å². The van der Waals surface area contributed by atoms with E-state index in [1.54, 1.807) is 6.21 Å². The molecule has 4 aliphatic carbocycles. The van der Waals surface area contributed by atoms with Crippen molar-refractivity contribution in [1.29, 1.82) is 0 Å². The summed E-state index contributed by atoms with van der Waals surface area (Å²) in [6, 6.07) is 14.9. The predicted molar refractivity (Wildman–Crippen MR) is 116 cm³/mol. The summed E-state index contributed by atoms with van der Waals surface area (Å²) in [7, 11) is 0. The lowest BCUT2D eigenvalue weighted by atomic mass is 9.63. The molecule has 0 radical (unpaired) electrons. The summed E-state index contributed by atoms with van der Waals surface area (Å²) in [4.78, 5) is 25.9. The van der Waals surface area contributed by atoms with Crippen LogP contribution < -0.4 is 4.74 Å². The molecule has 0 spiro atoms. The van der Waals surface area contributed by atoms with Gasteiger partial charge < -0.3 is 4.74 Å². The molecular formula is C25H21ClN2O3. The van der Waals surface area contributed by atoms with Crippen LogP contribution in [0.1, 0.15) is 17.5 Å². The van der Waals surface area contributed by atoms with Gasteiger partial charge in [-0.05, 0) is 66.0 Å². The Bertz CT molecular complexity index is 1090. The van der Waals surface area contributed by atoms with Crippen molar-refractivity contribution in [1.82, 2.24) is 5.01 Å². The van der Waals surface area contributed by atoms with Gasteiger partial charge in [0.05, 0.1) is 18.1 Å². The highest BCUT2D eigenvalue weighted by atomic mass is 35.5. The van der Waals surface area contributed by atoms with Crippen LogP contribution in [0.25, 0.3) is 0 Å². The van der Waals surface area contributed by atoms with Gasteiger partial charge in [0.25, 0.3) is 11.8 Å². The molecule has 6 atom stereocenters. The fourth-order valence-corrected chi connectivity index (χ4v) is 5.80. The van der Waals surface area contributed by atoms with Gasteiger partial charge in [0.1, 0.15) is 12.4 Å². The molecule has 0 N–H and O–H groups in total. The van der Waals surface area contributed by atoms with Crippen LogP contribution in [0.3, 0.4) is 0 Å². The van der Waals surface area contributed by atoms with Crippen molar-refractivity contribution < 1.29 is 14.3 Å². The second-order valence-corrected chi connectivity index (χ2v) is 9.24. The van der Waals surface area contributed by atoms with E-state index in [4.69, 9.17) is 16.3 Å². The van der Waals surface area contributed by atoms with Gasteiger partial charge >= 0.3 is 0 Å². The van der Waals surface area contributed by atoms with Gasteiger partial charge in [-0.1, -0.05) is 42.0 Å². The van der Waals surface area contributed by atoms with E-state index in [2.05, 4.69) is 17.3 Å². The van der Waals surface area contributed by atoms with Crippen molar-refractivity contribution in [3.05, 3.63) is 76.8 Å². The Morgan fingerprint density at radius 2 is 1.61 bits per heavy atom. The second-order valence-electron chi connectivity index (χ2n) is 8.84. The number of allylic oxidation sites excluding steroid dienone is 2. The molecule has 31 heavy (non-hydrogen) atoms. The number of hydrazone groups is 1. The van der Waals surface area contributed by atoms with Crippen LogP contribution in [0.15, 0.2) is 65.8 Å². The number of ether oxygens (including phenoxy) is 1. The normalized spacial score (nSPS) is 32.5. The molecule has 2 bridgehead atoms. The fourth-order valence-electron chi connectivity index (χ4n) is 5.61. The summed E-state index contributed by atoms with van der Waals surface area (Å²) in [6.45, 7) is 0.380. The van der Waals surface area contributed by atoms with E-state index in [0.29, 0.717) is 29.2 Å². The molecule has 0 aromatic heterocycles. The number of nitrogens with zero attached hydrogens (tertiary/aromatic N) is 2. The predicted octanol–water partition coefficient (Wildman–Crippen LogP) is 4.31. The zero-order chi connectivity index (χ0) is 21.1. The van der Waals surface area contributed by atoms with Crippen molar-refractivity contribution in [3.8, 4) is 5.75 Å². The molecule has 1 heterocycles. The van der Waals surface area contributed by atoms with Crippen molar-refractivity contribution in [2.75, 3.05) is 0 Å². The minimum atomic E-state index is -0.219. The van der Waals surface area contributed by atoms with Crippen LogP contribution in [-0.4, -0.2) is 23.0 Å². The molecule has 156 valence electrons. The van der Waals surface area contributed by atoms with E-state index in [0.717, 1.165) is 22.6 Å². The summed E-state index contributed by atoms with van der Waals surface area (Å²) in [5.41, 5.74) is 1.72. The fraction of sp³-hybridized carbons (Fsp3) is 0.320. The lowest BCUT2D eigenvalue weighted by Gasteiger charge is -2.37. The molecule has 7 rings (SSSR count). The van der Waals surface area contributed by atoms with Crippen molar-refractivity contribution in [2.45, 2.75) is 13.0 Å².